The summed E-state index contributed by atoms with van der Waals surface area (Å²) in [5.74, 6) is 2.64. The van der Waals surface area contributed by atoms with E-state index in [1.807, 2.05) is 6.92 Å². The third-order valence-corrected chi connectivity index (χ3v) is 2.99. The van der Waals surface area contributed by atoms with Crippen molar-refractivity contribution >= 4 is 0 Å². The van der Waals surface area contributed by atoms with Crippen LogP contribution in [0.3, 0.4) is 0 Å². The Balaban J connectivity index is 3.64. The average Bonchev–Trinajstić information content (AvgIpc) is 2.12. The summed E-state index contributed by atoms with van der Waals surface area (Å²) >= 11 is 0. The van der Waals surface area contributed by atoms with Crippen LogP contribution >= 0.6 is 0 Å². The van der Waals surface area contributed by atoms with Crippen LogP contribution in [0.2, 0.25) is 0 Å². The predicted molar refractivity (Wildman–Crippen MR) is 66.4 cm³/mol. The molecule has 0 amide bonds. The van der Waals surface area contributed by atoms with Crippen LogP contribution in [-0.4, -0.2) is 0 Å². The van der Waals surface area contributed by atoms with E-state index in [0.717, 1.165) is 24.2 Å². The summed E-state index contributed by atoms with van der Waals surface area (Å²) in [5.41, 5.74) is 0. The summed E-state index contributed by atoms with van der Waals surface area (Å²) < 4.78 is 0. The van der Waals surface area contributed by atoms with Gasteiger partial charge in [0.05, 0.1) is 6.07 Å². The summed E-state index contributed by atoms with van der Waals surface area (Å²) in [6, 6.07) is 2.31. The van der Waals surface area contributed by atoms with Crippen molar-refractivity contribution in [2.75, 3.05) is 0 Å². The van der Waals surface area contributed by atoms with Crippen LogP contribution in [0.25, 0.3) is 0 Å². The zero-order chi connectivity index (χ0) is 11.8. The molecule has 0 heterocycles. The van der Waals surface area contributed by atoms with E-state index in [-0.39, 0.29) is 5.92 Å². The summed E-state index contributed by atoms with van der Waals surface area (Å²) in [4.78, 5) is 0. The highest BCUT2D eigenvalue weighted by molar-refractivity contribution is 4.78. The van der Waals surface area contributed by atoms with Crippen LogP contribution in [0.1, 0.15) is 60.3 Å². The average molecular weight is 209 g/mol. The number of hydrogen-bond acceptors (Lipinski definition) is 1. The molecule has 88 valence electrons. The van der Waals surface area contributed by atoms with Crippen molar-refractivity contribution in [3.63, 3.8) is 0 Å². The molecule has 0 fully saturated rings. The van der Waals surface area contributed by atoms with Crippen LogP contribution in [-0.2, 0) is 0 Å². The highest BCUT2D eigenvalue weighted by Gasteiger charge is 2.11. The molecule has 0 spiro atoms. The third-order valence-electron chi connectivity index (χ3n) is 2.99. The topological polar surface area (TPSA) is 23.8 Å². The van der Waals surface area contributed by atoms with Gasteiger partial charge in [0.25, 0.3) is 0 Å². The van der Waals surface area contributed by atoms with Gasteiger partial charge in [0.15, 0.2) is 0 Å². The van der Waals surface area contributed by atoms with Crippen molar-refractivity contribution in [3.05, 3.63) is 0 Å². The lowest BCUT2D eigenvalue weighted by atomic mass is 9.87. The number of hydrogen-bond donors (Lipinski definition) is 0. The quantitative estimate of drug-likeness (QED) is 0.599. The van der Waals surface area contributed by atoms with Crippen molar-refractivity contribution in [1.29, 1.82) is 5.26 Å². The fourth-order valence-electron chi connectivity index (χ4n) is 2.30. The largest absolute Gasteiger partial charge is 0.198 e. The van der Waals surface area contributed by atoms with E-state index in [1.165, 1.54) is 19.3 Å². The van der Waals surface area contributed by atoms with Gasteiger partial charge in [-0.3, -0.25) is 0 Å². The second-order valence-electron chi connectivity index (χ2n) is 5.68. The molecule has 0 rings (SSSR count). The second kappa shape index (κ2) is 7.74. The van der Waals surface area contributed by atoms with Gasteiger partial charge in [0.2, 0.25) is 0 Å². The lowest BCUT2D eigenvalue weighted by molar-refractivity contribution is 0.333. The summed E-state index contributed by atoms with van der Waals surface area (Å²) in [5, 5.41) is 8.70. The van der Waals surface area contributed by atoms with Crippen LogP contribution in [0.15, 0.2) is 0 Å². The summed E-state index contributed by atoms with van der Waals surface area (Å²) in [6.07, 6.45) is 4.91. The summed E-state index contributed by atoms with van der Waals surface area (Å²) in [6.45, 7) is 11.3. The Morgan fingerprint density at radius 3 is 1.93 bits per heavy atom. The maximum atomic E-state index is 8.70. The van der Waals surface area contributed by atoms with Crippen LogP contribution in [0.4, 0.5) is 0 Å². The maximum absolute atomic E-state index is 8.70. The molecule has 0 aromatic rings. The molecule has 0 radical (unpaired) electrons. The zero-order valence-electron chi connectivity index (χ0n) is 11.1. The summed E-state index contributed by atoms with van der Waals surface area (Å²) in [7, 11) is 0. The lowest BCUT2D eigenvalue weighted by Crippen LogP contribution is -2.07. The first kappa shape index (κ1) is 14.5. The van der Waals surface area contributed by atoms with E-state index in [0.29, 0.717) is 0 Å². The first-order valence-corrected chi connectivity index (χ1v) is 6.35. The minimum atomic E-state index is 0.229. The van der Waals surface area contributed by atoms with Crippen molar-refractivity contribution in [2.45, 2.75) is 60.3 Å². The molecule has 0 aliphatic heterocycles. The maximum Gasteiger partial charge on any atom is 0.0652 e. The highest BCUT2D eigenvalue weighted by atomic mass is 14.3. The van der Waals surface area contributed by atoms with E-state index < -0.39 is 0 Å². The molecular weight excluding hydrogens is 182 g/mol. The minimum Gasteiger partial charge on any atom is -0.198 e. The van der Waals surface area contributed by atoms with Crippen LogP contribution in [0, 0.1) is 35.0 Å². The van der Waals surface area contributed by atoms with Gasteiger partial charge in [0, 0.05) is 5.92 Å². The zero-order valence-corrected chi connectivity index (χ0v) is 11.1. The Bertz CT molecular complexity index is 190. The third kappa shape index (κ3) is 8.48. The van der Waals surface area contributed by atoms with Gasteiger partial charge in [-0.2, -0.15) is 5.26 Å². The fraction of sp³-hybridized carbons (Fsp3) is 0.929. The monoisotopic (exact) mass is 209 g/mol. The van der Waals surface area contributed by atoms with E-state index in [2.05, 4.69) is 33.8 Å². The Morgan fingerprint density at radius 1 is 0.867 bits per heavy atom. The Morgan fingerprint density at radius 2 is 1.47 bits per heavy atom. The van der Waals surface area contributed by atoms with Gasteiger partial charge in [0.1, 0.15) is 0 Å². The molecule has 0 aromatic heterocycles. The smallest absolute Gasteiger partial charge is 0.0652 e. The van der Waals surface area contributed by atoms with E-state index >= 15 is 0 Å². The minimum absolute atomic E-state index is 0.229. The molecule has 0 saturated heterocycles. The molecule has 0 aromatic carbocycles. The molecule has 0 aliphatic rings. The number of rotatable bonds is 7. The predicted octanol–water partition coefficient (Wildman–Crippen LogP) is 4.63. The Kier molecular flexibility index (Phi) is 7.48. The van der Waals surface area contributed by atoms with Crippen molar-refractivity contribution < 1.29 is 0 Å². The van der Waals surface area contributed by atoms with E-state index in [4.69, 9.17) is 5.26 Å². The van der Waals surface area contributed by atoms with Crippen molar-refractivity contribution in [1.82, 2.24) is 0 Å². The lowest BCUT2D eigenvalue weighted by Gasteiger charge is -2.19. The molecule has 1 nitrogen and oxygen atoms in total. The van der Waals surface area contributed by atoms with Gasteiger partial charge < -0.3 is 0 Å². The highest BCUT2D eigenvalue weighted by Crippen LogP contribution is 2.23. The van der Waals surface area contributed by atoms with Gasteiger partial charge in [-0.15, -0.1) is 0 Å². The Hall–Kier alpha value is -0.510. The molecular formula is C14H27N. The van der Waals surface area contributed by atoms with Gasteiger partial charge >= 0.3 is 0 Å². The molecule has 3 atom stereocenters. The number of nitriles is 1. The first-order chi connectivity index (χ1) is 6.95. The molecule has 0 saturated carbocycles. The molecule has 0 N–H and O–H groups in total. The molecule has 0 aliphatic carbocycles. The fourth-order valence-corrected chi connectivity index (χ4v) is 2.30. The molecule has 3 unspecified atom stereocenters. The standard InChI is InChI=1S/C14H27N/c1-11(2)8-14(5)9-12(3)6-7-13(4)10-15/h11-14H,6-9H2,1-5H3. The number of nitrogens with zero attached hydrogens (tertiary/aromatic N) is 1. The van der Waals surface area contributed by atoms with E-state index in [9.17, 15) is 0 Å². The SMILES string of the molecule is CC(C)CC(C)CC(C)CCC(C)C#N. The Labute approximate surface area is 95.9 Å². The normalized spacial score (nSPS) is 17.1. The van der Waals surface area contributed by atoms with Gasteiger partial charge in [-0.05, 0) is 50.4 Å². The molecule has 1 heteroatoms. The van der Waals surface area contributed by atoms with Crippen molar-refractivity contribution in [2.24, 2.45) is 23.7 Å². The molecule has 15 heavy (non-hydrogen) atoms. The van der Waals surface area contributed by atoms with Crippen LogP contribution in [0.5, 0.6) is 0 Å². The molecule has 0 bridgehead atoms. The van der Waals surface area contributed by atoms with Gasteiger partial charge in [-0.1, -0.05) is 27.7 Å². The second-order valence-corrected chi connectivity index (χ2v) is 5.68. The van der Waals surface area contributed by atoms with Crippen molar-refractivity contribution in [3.8, 4) is 6.07 Å². The first-order valence-electron chi connectivity index (χ1n) is 6.35. The van der Waals surface area contributed by atoms with Crippen LogP contribution < -0.4 is 0 Å². The van der Waals surface area contributed by atoms with Gasteiger partial charge in [-0.25, -0.2) is 0 Å². The van der Waals surface area contributed by atoms with E-state index in [1.54, 1.807) is 0 Å².